The minimum absolute atomic E-state index is 0.0895. The van der Waals surface area contributed by atoms with Crippen molar-refractivity contribution < 1.29 is 19.7 Å². The number of hydrogen-bond acceptors (Lipinski definition) is 10. The lowest BCUT2D eigenvalue weighted by Crippen LogP contribution is -2.73. The molecule has 116 valence electrons. The average Bonchev–Trinajstić information content (AvgIpc) is 2.88. The number of nitrogens with two attached hydrogens (primary N) is 3. The van der Waals surface area contributed by atoms with E-state index in [1.165, 1.54) is 4.90 Å². The minimum Gasteiger partial charge on any atom is -0.447 e. The molecule has 0 radical (unpaired) electrons. The maximum Gasteiger partial charge on any atom is 0.404 e. The molecule has 0 aliphatic carbocycles. The number of ether oxygens (including phenoxy) is 1. The van der Waals surface area contributed by atoms with E-state index in [1.54, 1.807) is 0 Å². The van der Waals surface area contributed by atoms with Gasteiger partial charge >= 0.3 is 6.09 Å². The fourth-order valence-corrected chi connectivity index (χ4v) is 3.20. The Balaban J connectivity index is 1.98. The Labute approximate surface area is 119 Å². The molecule has 3 heterocycles. The molecular formula is C10H17N7O4. The summed E-state index contributed by atoms with van der Waals surface area (Å²) in [5.41, 5.74) is 15.4. The topological polar surface area (TPSA) is 185 Å². The molecule has 1 saturated heterocycles. The zero-order valence-electron chi connectivity index (χ0n) is 11.0. The number of amides is 1. The van der Waals surface area contributed by atoms with Gasteiger partial charge in [-0.3, -0.25) is 0 Å². The monoisotopic (exact) mass is 299 g/mol. The molecule has 1 spiro atoms. The van der Waals surface area contributed by atoms with Crippen LogP contribution in [0, 0.1) is 0 Å². The number of carbonyl (C=O) groups is 1. The van der Waals surface area contributed by atoms with Crippen molar-refractivity contribution in [3.05, 3.63) is 0 Å². The predicted molar refractivity (Wildman–Crippen MR) is 70.9 cm³/mol. The number of aliphatic hydroxyl groups is 2. The molecule has 1 amide bonds. The van der Waals surface area contributed by atoms with Gasteiger partial charge in [-0.15, -0.1) is 0 Å². The van der Waals surface area contributed by atoms with E-state index in [0.29, 0.717) is 0 Å². The molecule has 3 aliphatic heterocycles. The molecule has 0 aromatic rings. The van der Waals surface area contributed by atoms with Crippen LogP contribution in [0.3, 0.4) is 0 Å². The molecule has 0 aromatic carbocycles. The lowest BCUT2D eigenvalue weighted by atomic mass is 9.88. The second-order valence-electron chi connectivity index (χ2n) is 5.22. The third-order valence-corrected chi connectivity index (χ3v) is 4.02. The number of guanidine groups is 2. The summed E-state index contributed by atoms with van der Waals surface area (Å²) in [6, 6.07) is -1.33. The van der Waals surface area contributed by atoms with Gasteiger partial charge in [0, 0.05) is 0 Å². The molecule has 1 fully saturated rings. The first-order valence-electron chi connectivity index (χ1n) is 6.37. The maximum atomic E-state index is 10.8. The van der Waals surface area contributed by atoms with Crippen LogP contribution in [0.1, 0.15) is 0 Å². The summed E-state index contributed by atoms with van der Waals surface area (Å²) in [6.45, 7) is -0.0657. The number of nitrogens with zero attached hydrogens (tertiary/aromatic N) is 3. The van der Waals surface area contributed by atoms with E-state index < -0.39 is 36.0 Å². The molecule has 9 N–H and O–H groups in total. The Hall–Kier alpha value is -2.27. The highest BCUT2D eigenvalue weighted by atomic mass is 16.5. The van der Waals surface area contributed by atoms with Crippen LogP contribution in [-0.2, 0) is 4.74 Å². The van der Waals surface area contributed by atoms with Gasteiger partial charge in [-0.25, -0.2) is 14.8 Å². The zero-order chi connectivity index (χ0) is 15.4. The summed E-state index contributed by atoms with van der Waals surface area (Å²) >= 11 is 0. The van der Waals surface area contributed by atoms with Crippen LogP contribution in [0.15, 0.2) is 9.98 Å². The van der Waals surface area contributed by atoms with Crippen molar-refractivity contribution in [3.63, 3.8) is 0 Å². The van der Waals surface area contributed by atoms with Crippen molar-refractivity contribution in [2.45, 2.75) is 30.0 Å². The number of aliphatic hydroxyl groups excluding tert-OH is 2. The molecular weight excluding hydrogens is 282 g/mol. The third kappa shape index (κ3) is 1.77. The Bertz CT molecular complexity index is 537. The maximum absolute atomic E-state index is 10.8. The lowest BCUT2D eigenvalue weighted by molar-refractivity contribution is -0.0226. The Morgan fingerprint density at radius 1 is 1.48 bits per heavy atom. The van der Waals surface area contributed by atoms with Gasteiger partial charge in [0.15, 0.2) is 17.6 Å². The molecule has 21 heavy (non-hydrogen) atoms. The summed E-state index contributed by atoms with van der Waals surface area (Å²) < 4.78 is 4.76. The molecule has 5 atom stereocenters. The third-order valence-electron chi connectivity index (χ3n) is 4.02. The van der Waals surface area contributed by atoms with Gasteiger partial charge in [0.1, 0.15) is 30.9 Å². The van der Waals surface area contributed by atoms with Gasteiger partial charge < -0.3 is 42.4 Å². The van der Waals surface area contributed by atoms with Crippen LogP contribution in [0.5, 0.6) is 0 Å². The highest BCUT2D eigenvalue weighted by Crippen LogP contribution is 2.39. The number of primary amides is 1. The molecule has 0 saturated carbocycles. The molecule has 3 aliphatic rings. The van der Waals surface area contributed by atoms with E-state index in [0.717, 1.165) is 0 Å². The quantitative estimate of drug-likeness (QED) is 0.296. The van der Waals surface area contributed by atoms with Crippen LogP contribution in [0.25, 0.3) is 0 Å². The number of nitrogens with one attached hydrogen (secondary N) is 1. The highest BCUT2D eigenvalue weighted by Gasteiger charge is 2.65. The minimum atomic E-state index is -1.19. The first-order valence-corrected chi connectivity index (χ1v) is 6.37. The summed E-state index contributed by atoms with van der Waals surface area (Å²) in [7, 11) is 0. The molecule has 0 unspecified atom stereocenters. The van der Waals surface area contributed by atoms with E-state index in [1.807, 2.05) is 0 Å². The van der Waals surface area contributed by atoms with Gasteiger partial charge in [0.25, 0.3) is 0 Å². The summed E-state index contributed by atoms with van der Waals surface area (Å²) in [4.78, 5) is 20.7. The highest BCUT2D eigenvalue weighted by molar-refractivity contribution is 5.87. The molecule has 0 aromatic heterocycles. The average molecular weight is 299 g/mol. The Morgan fingerprint density at radius 2 is 2.19 bits per heavy atom. The van der Waals surface area contributed by atoms with Crippen molar-refractivity contribution in [2.75, 3.05) is 13.2 Å². The smallest absolute Gasteiger partial charge is 0.404 e. The largest absolute Gasteiger partial charge is 0.447 e. The van der Waals surface area contributed by atoms with Crippen LogP contribution in [-0.4, -0.2) is 76.2 Å². The van der Waals surface area contributed by atoms with Crippen LogP contribution >= 0.6 is 0 Å². The van der Waals surface area contributed by atoms with Crippen LogP contribution < -0.4 is 22.5 Å². The van der Waals surface area contributed by atoms with Crippen molar-refractivity contribution in [1.29, 1.82) is 0 Å². The fourth-order valence-electron chi connectivity index (χ4n) is 3.20. The second-order valence-corrected chi connectivity index (χ2v) is 5.22. The van der Waals surface area contributed by atoms with Crippen LogP contribution in [0.4, 0.5) is 4.79 Å². The van der Waals surface area contributed by atoms with Crippen molar-refractivity contribution in [1.82, 2.24) is 10.2 Å². The fraction of sp³-hybridized carbons (Fsp3) is 0.700. The number of hydrogen-bond donors (Lipinski definition) is 6. The number of rotatable bonds is 2. The van der Waals surface area contributed by atoms with Crippen molar-refractivity contribution in [2.24, 2.45) is 27.2 Å². The lowest BCUT2D eigenvalue weighted by Gasteiger charge is -2.46. The normalized spacial score (nSPS) is 40.8. The number of aliphatic imine (C=N–C) groups is 2. The molecule has 11 heteroatoms. The SMILES string of the molecule is NC(=O)OC[C@@H]1N=C(N)N2C[C@H](O)[C@H](O)[C@]23NC(N)=N[C@H]13. The first kappa shape index (κ1) is 13.7. The Morgan fingerprint density at radius 3 is 2.86 bits per heavy atom. The zero-order valence-corrected chi connectivity index (χ0v) is 11.0. The molecule has 0 bridgehead atoms. The summed E-state index contributed by atoms with van der Waals surface area (Å²) in [6.07, 6.45) is -3.17. The van der Waals surface area contributed by atoms with Crippen molar-refractivity contribution in [3.8, 4) is 0 Å². The van der Waals surface area contributed by atoms with E-state index in [9.17, 15) is 15.0 Å². The van der Waals surface area contributed by atoms with E-state index in [4.69, 9.17) is 21.9 Å². The summed E-state index contributed by atoms with van der Waals surface area (Å²) in [5.74, 6) is 0.185. The van der Waals surface area contributed by atoms with Crippen molar-refractivity contribution >= 4 is 18.0 Å². The van der Waals surface area contributed by atoms with Gasteiger partial charge in [-0.2, -0.15) is 0 Å². The first-order chi connectivity index (χ1) is 9.86. The predicted octanol–water partition coefficient (Wildman–Crippen LogP) is -4.20. The van der Waals surface area contributed by atoms with Gasteiger partial charge in [-0.1, -0.05) is 0 Å². The van der Waals surface area contributed by atoms with E-state index >= 15 is 0 Å². The molecule has 3 rings (SSSR count). The molecule has 11 nitrogen and oxygen atoms in total. The van der Waals surface area contributed by atoms with Gasteiger partial charge in [-0.05, 0) is 0 Å². The number of carbonyl (C=O) groups excluding carboxylic acids is 1. The van der Waals surface area contributed by atoms with Gasteiger partial charge in [0.2, 0.25) is 0 Å². The van der Waals surface area contributed by atoms with E-state index in [2.05, 4.69) is 15.3 Å². The standard InChI is InChI=1S/C10H17N7O4/c11-7-15-5-3(2-21-9(13)20)14-8(12)17-1-4(18)6(19)10(5,17)16-7/h3-6,18-19H,1-2H2,(H2,12,14)(H2,13,20)(H3,11,15,16)/t3-,4-,5+,6-,10+/m0/s1. The summed E-state index contributed by atoms with van der Waals surface area (Å²) in [5, 5.41) is 23.2. The Kier molecular flexibility index (Phi) is 2.85. The second kappa shape index (κ2) is 4.36. The van der Waals surface area contributed by atoms with Crippen LogP contribution in [0.2, 0.25) is 0 Å². The van der Waals surface area contributed by atoms with Gasteiger partial charge in [0.05, 0.1) is 6.54 Å². The van der Waals surface area contributed by atoms with E-state index in [-0.39, 0.29) is 25.1 Å².